The van der Waals surface area contributed by atoms with Gasteiger partial charge in [-0.1, -0.05) is 48.5 Å². The Morgan fingerprint density at radius 3 is 2.19 bits per heavy atom. The summed E-state index contributed by atoms with van der Waals surface area (Å²) < 4.78 is 19.5. The fourth-order valence-corrected chi connectivity index (χ4v) is 3.33. The third-order valence-corrected chi connectivity index (χ3v) is 4.82. The molecule has 3 rings (SSSR count). The van der Waals surface area contributed by atoms with Crippen LogP contribution in [0.2, 0.25) is 0 Å². The smallest absolute Gasteiger partial charge is 0.123 e. The molecule has 1 fully saturated rings. The Balaban J connectivity index is 1.57. The van der Waals surface area contributed by atoms with Crippen LogP contribution in [-0.4, -0.2) is 55.7 Å². The molecule has 2 aromatic carbocycles. The first-order valence-corrected chi connectivity index (χ1v) is 9.24. The van der Waals surface area contributed by atoms with Gasteiger partial charge in [0.2, 0.25) is 0 Å². The monoisotopic (exact) mass is 354 g/mol. The molecule has 0 radical (unpaired) electrons. The highest BCUT2D eigenvalue weighted by atomic mass is 19.1. The van der Waals surface area contributed by atoms with E-state index in [1.54, 1.807) is 12.1 Å². The summed E-state index contributed by atoms with van der Waals surface area (Å²) in [6, 6.07) is 16.7. The number of benzene rings is 2. The van der Waals surface area contributed by atoms with Gasteiger partial charge in [0.1, 0.15) is 11.9 Å². The van der Waals surface area contributed by atoms with Gasteiger partial charge < -0.3 is 4.74 Å². The summed E-state index contributed by atoms with van der Waals surface area (Å²) in [6.07, 6.45) is 1.80. The van der Waals surface area contributed by atoms with E-state index in [0.29, 0.717) is 6.61 Å². The van der Waals surface area contributed by atoms with Crippen LogP contribution in [-0.2, 0) is 4.74 Å². The molecule has 0 amide bonds. The largest absolute Gasteiger partial charge is 0.367 e. The van der Waals surface area contributed by atoms with Crippen molar-refractivity contribution < 1.29 is 9.13 Å². The van der Waals surface area contributed by atoms with E-state index in [4.69, 9.17) is 4.74 Å². The molecule has 0 spiro atoms. The first kappa shape index (κ1) is 18.8. The zero-order chi connectivity index (χ0) is 18.2. The van der Waals surface area contributed by atoms with Gasteiger partial charge in [0.25, 0.3) is 0 Å². The summed E-state index contributed by atoms with van der Waals surface area (Å²) in [5.74, 6) is -0.224. The molecular weight excluding hydrogens is 327 g/mol. The van der Waals surface area contributed by atoms with Gasteiger partial charge in [-0.2, -0.15) is 0 Å². The predicted octanol–water partition coefficient (Wildman–Crippen LogP) is 3.74. The Bertz CT molecular complexity index is 666. The number of rotatable bonds is 8. The van der Waals surface area contributed by atoms with E-state index in [9.17, 15) is 4.39 Å². The Labute approximate surface area is 155 Å². The second-order valence-corrected chi connectivity index (χ2v) is 6.64. The maximum absolute atomic E-state index is 13.3. The van der Waals surface area contributed by atoms with Crippen LogP contribution in [0.1, 0.15) is 17.2 Å². The summed E-state index contributed by atoms with van der Waals surface area (Å²) >= 11 is 0. The van der Waals surface area contributed by atoms with Crippen molar-refractivity contribution in [3.63, 3.8) is 0 Å². The molecule has 1 unspecified atom stereocenters. The lowest BCUT2D eigenvalue weighted by atomic mass is 10.0. The molecule has 4 heteroatoms. The van der Waals surface area contributed by atoms with Crippen molar-refractivity contribution in [2.75, 3.05) is 45.9 Å². The maximum Gasteiger partial charge on any atom is 0.123 e. The van der Waals surface area contributed by atoms with Crippen LogP contribution in [0.5, 0.6) is 0 Å². The van der Waals surface area contributed by atoms with E-state index < -0.39 is 0 Å². The predicted molar refractivity (Wildman–Crippen MR) is 104 cm³/mol. The summed E-state index contributed by atoms with van der Waals surface area (Å²) in [5.41, 5.74) is 2.07. The summed E-state index contributed by atoms with van der Waals surface area (Å²) in [6.45, 7) is 10.6. The van der Waals surface area contributed by atoms with Gasteiger partial charge in [0.15, 0.2) is 0 Å². The lowest BCUT2D eigenvalue weighted by Crippen LogP contribution is -2.47. The number of ether oxygens (including phenoxy) is 1. The summed E-state index contributed by atoms with van der Waals surface area (Å²) in [4.78, 5) is 4.85. The fraction of sp³-hybridized carbons (Fsp3) is 0.364. The minimum atomic E-state index is -0.224. The SMILES string of the molecule is C=CCN1CCN(CCOC(c2ccccc2)c2ccc(F)cc2)CC1. The van der Waals surface area contributed by atoms with Crippen LogP contribution in [0.25, 0.3) is 0 Å². The van der Waals surface area contributed by atoms with Gasteiger partial charge >= 0.3 is 0 Å². The molecule has 0 N–H and O–H groups in total. The summed E-state index contributed by atoms with van der Waals surface area (Å²) in [5, 5.41) is 0. The quantitative estimate of drug-likeness (QED) is 0.672. The van der Waals surface area contributed by atoms with Crippen LogP contribution < -0.4 is 0 Å². The normalized spacial score (nSPS) is 17.1. The van der Waals surface area contributed by atoms with E-state index in [1.165, 1.54) is 12.1 Å². The topological polar surface area (TPSA) is 15.7 Å². The van der Waals surface area contributed by atoms with Gasteiger partial charge in [-0.3, -0.25) is 9.80 Å². The Hall–Kier alpha value is -2.01. The molecule has 1 aliphatic rings. The van der Waals surface area contributed by atoms with Crippen molar-refractivity contribution in [1.29, 1.82) is 0 Å². The van der Waals surface area contributed by atoms with Crippen LogP contribution in [0.3, 0.4) is 0 Å². The number of piperazine rings is 1. The second-order valence-electron chi connectivity index (χ2n) is 6.64. The number of halogens is 1. The van der Waals surface area contributed by atoms with E-state index in [1.807, 2.05) is 24.3 Å². The second kappa shape index (κ2) is 9.62. The third-order valence-electron chi connectivity index (χ3n) is 4.82. The van der Waals surface area contributed by atoms with E-state index in [2.05, 4.69) is 28.5 Å². The van der Waals surface area contributed by atoms with Gasteiger partial charge in [0, 0.05) is 39.3 Å². The standard InChI is InChI=1S/C22H27FN2O/c1-2-12-24-13-15-25(16-14-24)17-18-26-22(19-6-4-3-5-7-19)20-8-10-21(23)11-9-20/h2-11,22H,1,12-18H2. The van der Waals surface area contributed by atoms with E-state index in [-0.39, 0.29) is 11.9 Å². The molecule has 3 nitrogen and oxygen atoms in total. The molecule has 1 heterocycles. The molecule has 1 aliphatic heterocycles. The molecular formula is C22H27FN2O. The summed E-state index contributed by atoms with van der Waals surface area (Å²) in [7, 11) is 0. The van der Waals surface area contributed by atoms with Crippen molar-refractivity contribution >= 4 is 0 Å². The van der Waals surface area contributed by atoms with Gasteiger partial charge in [-0.25, -0.2) is 4.39 Å². The molecule has 1 saturated heterocycles. The van der Waals surface area contributed by atoms with Crippen LogP contribution in [0.15, 0.2) is 67.3 Å². The Morgan fingerprint density at radius 2 is 1.54 bits per heavy atom. The van der Waals surface area contributed by atoms with Crippen molar-refractivity contribution in [3.05, 3.63) is 84.2 Å². The fourth-order valence-electron chi connectivity index (χ4n) is 3.33. The Kier molecular flexibility index (Phi) is 6.95. The highest BCUT2D eigenvalue weighted by Crippen LogP contribution is 2.26. The van der Waals surface area contributed by atoms with Crippen molar-refractivity contribution in [2.24, 2.45) is 0 Å². The zero-order valence-electron chi connectivity index (χ0n) is 15.2. The Morgan fingerprint density at radius 1 is 0.923 bits per heavy atom. The van der Waals surface area contributed by atoms with Crippen molar-refractivity contribution in [3.8, 4) is 0 Å². The van der Waals surface area contributed by atoms with Gasteiger partial charge in [-0.15, -0.1) is 6.58 Å². The average Bonchev–Trinajstić information content (AvgIpc) is 2.68. The molecule has 1 atom stereocenters. The zero-order valence-corrected chi connectivity index (χ0v) is 15.2. The molecule has 0 saturated carbocycles. The van der Waals surface area contributed by atoms with Crippen molar-refractivity contribution in [2.45, 2.75) is 6.10 Å². The van der Waals surface area contributed by atoms with Crippen LogP contribution in [0, 0.1) is 5.82 Å². The minimum Gasteiger partial charge on any atom is -0.367 e. The first-order chi connectivity index (χ1) is 12.8. The third kappa shape index (κ3) is 5.24. The number of hydrogen-bond acceptors (Lipinski definition) is 3. The van der Waals surface area contributed by atoms with Gasteiger partial charge in [0.05, 0.1) is 6.61 Å². The number of hydrogen-bond donors (Lipinski definition) is 0. The number of nitrogens with zero attached hydrogens (tertiary/aromatic N) is 2. The van der Waals surface area contributed by atoms with Crippen LogP contribution >= 0.6 is 0 Å². The maximum atomic E-state index is 13.3. The average molecular weight is 354 g/mol. The highest BCUT2D eigenvalue weighted by Gasteiger charge is 2.18. The highest BCUT2D eigenvalue weighted by molar-refractivity contribution is 5.30. The van der Waals surface area contributed by atoms with Gasteiger partial charge in [-0.05, 0) is 23.3 Å². The molecule has 0 aromatic heterocycles. The molecule has 2 aromatic rings. The molecule has 0 bridgehead atoms. The molecule has 26 heavy (non-hydrogen) atoms. The lowest BCUT2D eigenvalue weighted by molar-refractivity contribution is 0.0467. The van der Waals surface area contributed by atoms with Crippen LogP contribution in [0.4, 0.5) is 4.39 Å². The minimum absolute atomic E-state index is 0.168. The lowest BCUT2D eigenvalue weighted by Gasteiger charge is -2.34. The van der Waals surface area contributed by atoms with E-state index >= 15 is 0 Å². The molecule has 0 aliphatic carbocycles. The molecule has 138 valence electrons. The van der Waals surface area contributed by atoms with E-state index in [0.717, 1.165) is 50.4 Å². The first-order valence-electron chi connectivity index (χ1n) is 9.24. The van der Waals surface area contributed by atoms with Crippen molar-refractivity contribution in [1.82, 2.24) is 9.80 Å².